The molecule has 1 fully saturated rings. The second-order valence-corrected chi connectivity index (χ2v) is 7.11. The molecule has 0 saturated carbocycles. The lowest BCUT2D eigenvalue weighted by Gasteiger charge is -2.31. The molecule has 3 heterocycles. The fourth-order valence-electron chi connectivity index (χ4n) is 3.62. The van der Waals surface area contributed by atoms with Gasteiger partial charge in [-0.3, -0.25) is 14.4 Å². The van der Waals surface area contributed by atoms with Crippen LogP contribution >= 0.6 is 0 Å². The zero-order valence-corrected chi connectivity index (χ0v) is 16.0. The van der Waals surface area contributed by atoms with Gasteiger partial charge in [0.25, 0.3) is 0 Å². The van der Waals surface area contributed by atoms with E-state index in [1.807, 2.05) is 24.9 Å². The highest BCUT2D eigenvalue weighted by atomic mass is 16.5. The van der Waals surface area contributed by atoms with Crippen molar-refractivity contribution in [1.29, 1.82) is 0 Å². The topological polar surface area (TPSA) is 72.3 Å². The molecule has 2 aromatic heterocycles. The number of nitrogens with zero attached hydrogens (tertiary/aromatic N) is 4. The molecule has 7 nitrogen and oxygen atoms in total. The van der Waals surface area contributed by atoms with Crippen molar-refractivity contribution in [2.75, 3.05) is 33.4 Å². The number of ether oxygens (including phenoxy) is 1. The molecule has 0 atom stereocenters. The predicted octanol–water partition coefficient (Wildman–Crippen LogP) is 1.64. The average molecular weight is 359 g/mol. The van der Waals surface area contributed by atoms with E-state index in [1.165, 1.54) is 5.56 Å². The fourth-order valence-corrected chi connectivity index (χ4v) is 3.62. The Morgan fingerprint density at radius 2 is 2.15 bits per heavy atom. The van der Waals surface area contributed by atoms with Gasteiger partial charge >= 0.3 is 0 Å². The lowest BCUT2D eigenvalue weighted by molar-refractivity contribution is -0.126. The highest BCUT2D eigenvalue weighted by Crippen LogP contribution is 2.21. The van der Waals surface area contributed by atoms with Gasteiger partial charge in [-0.2, -0.15) is 5.10 Å². The normalized spacial score (nSPS) is 16.3. The molecule has 0 radical (unpaired) electrons. The van der Waals surface area contributed by atoms with Gasteiger partial charge in [-0.25, -0.2) is 4.98 Å². The van der Waals surface area contributed by atoms with Crippen LogP contribution in [0.5, 0.6) is 0 Å². The quantitative estimate of drug-likeness (QED) is 0.761. The van der Waals surface area contributed by atoms with Crippen molar-refractivity contribution in [3.05, 3.63) is 23.5 Å². The Hall–Kier alpha value is -1.99. The molecule has 0 spiro atoms. The van der Waals surface area contributed by atoms with Crippen LogP contribution in [0.2, 0.25) is 0 Å². The van der Waals surface area contributed by atoms with Crippen LogP contribution in [0.15, 0.2) is 12.3 Å². The van der Waals surface area contributed by atoms with E-state index in [1.54, 1.807) is 7.11 Å². The molecule has 142 valence electrons. The maximum absolute atomic E-state index is 12.2. The molecule has 1 amide bonds. The largest absolute Gasteiger partial charge is 0.385 e. The summed E-state index contributed by atoms with van der Waals surface area (Å²) in [4.78, 5) is 19.2. The number of methoxy groups -OCH3 is 1. The Kier molecular flexibility index (Phi) is 6.21. The van der Waals surface area contributed by atoms with Gasteiger partial charge in [-0.1, -0.05) is 0 Å². The third-order valence-corrected chi connectivity index (χ3v) is 5.11. The van der Waals surface area contributed by atoms with Crippen LogP contribution in [0.4, 0.5) is 0 Å². The number of aryl methyl sites for hydroxylation is 2. The van der Waals surface area contributed by atoms with Gasteiger partial charge in [0.05, 0.1) is 5.69 Å². The first-order valence-electron chi connectivity index (χ1n) is 9.35. The third-order valence-electron chi connectivity index (χ3n) is 5.11. The van der Waals surface area contributed by atoms with E-state index in [0.717, 1.165) is 55.6 Å². The van der Waals surface area contributed by atoms with E-state index in [4.69, 9.17) is 4.74 Å². The van der Waals surface area contributed by atoms with Crippen LogP contribution in [0.3, 0.4) is 0 Å². The summed E-state index contributed by atoms with van der Waals surface area (Å²) in [6.07, 6.45) is 4.64. The molecule has 1 aliphatic rings. The summed E-state index contributed by atoms with van der Waals surface area (Å²) >= 11 is 0. The van der Waals surface area contributed by atoms with E-state index < -0.39 is 0 Å². The highest BCUT2D eigenvalue weighted by molar-refractivity contribution is 5.79. The van der Waals surface area contributed by atoms with E-state index in [-0.39, 0.29) is 11.8 Å². The zero-order valence-electron chi connectivity index (χ0n) is 16.0. The number of carbonyl (C=O) groups is 1. The van der Waals surface area contributed by atoms with Crippen LogP contribution in [0, 0.1) is 12.8 Å². The molecule has 0 aromatic carbocycles. The standard InChI is InChI=1S/C19H29N5O2/c1-14-17-11-15(12-21-18(17)23(2)22-14)13-24-8-5-16(6-9-24)19(25)20-7-4-10-26-3/h11-12,16H,4-10,13H2,1-3H3,(H,20,25). The predicted molar refractivity (Wildman–Crippen MR) is 101 cm³/mol. The molecule has 1 N–H and O–H groups in total. The minimum absolute atomic E-state index is 0.134. The van der Waals surface area contributed by atoms with E-state index in [0.29, 0.717) is 13.2 Å². The first-order valence-corrected chi connectivity index (χ1v) is 9.35. The molecular weight excluding hydrogens is 330 g/mol. The van der Waals surface area contributed by atoms with Crippen molar-refractivity contribution >= 4 is 16.9 Å². The Labute approximate surface area is 154 Å². The molecule has 7 heteroatoms. The summed E-state index contributed by atoms with van der Waals surface area (Å²) < 4.78 is 6.83. The lowest BCUT2D eigenvalue weighted by atomic mass is 9.95. The number of likely N-dealkylation sites (tertiary alicyclic amines) is 1. The molecule has 26 heavy (non-hydrogen) atoms. The monoisotopic (exact) mass is 359 g/mol. The average Bonchev–Trinajstić information content (AvgIpc) is 2.93. The second kappa shape index (κ2) is 8.60. The SMILES string of the molecule is COCCCNC(=O)C1CCN(Cc2cnc3c(c2)c(C)nn3C)CC1. The Balaban J connectivity index is 1.49. The number of fused-ring (bicyclic) bond motifs is 1. The summed E-state index contributed by atoms with van der Waals surface area (Å²) in [5.74, 6) is 0.324. The first-order chi connectivity index (χ1) is 12.6. The van der Waals surface area contributed by atoms with Gasteiger partial charge in [0.2, 0.25) is 5.91 Å². The molecule has 3 rings (SSSR count). The van der Waals surface area contributed by atoms with Crippen LogP contribution in [-0.4, -0.2) is 58.9 Å². The summed E-state index contributed by atoms with van der Waals surface area (Å²) in [5, 5.41) is 8.58. The molecule has 1 aliphatic heterocycles. The van der Waals surface area contributed by atoms with Crippen molar-refractivity contribution in [1.82, 2.24) is 25.0 Å². The van der Waals surface area contributed by atoms with Crippen molar-refractivity contribution in [2.24, 2.45) is 13.0 Å². The molecule has 2 aromatic rings. The van der Waals surface area contributed by atoms with Crippen molar-refractivity contribution in [2.45, 2.75) is 32.7 Å². The molecule has 0 aliphatic carbocycles. The van der Waals surface area contributed by atoms with Gasteiger partial charge in [-0.15, -0.1) is 0 Å². The number of nitrogens with one attached hydrogen (secondary N) is 1. The highest BCUT2D eigenvalue weighted by Gasteiger charge is 2.24. The number of amides is 1. The van der Waals surface area contributed by atoms with E-state index in [9.17, 15) is 4.79 Å². The summed E-state index contributed by atoms with van der Waals surface area (Å²) in [7, 11) is 3.60. The summed E-state index contributed by atoms with van der Waals surface area (Å²) in [5.41, 5.74) is 3.15. The summed E-state index contributed by atoms with van der Waals surface area (Å²) in [6.45, 7) is 6.17. The Morgan fingerprint density at radius 1 is 1.38 bits per heavy atom. The smallest absolute Gasteiger partial charge is 0.223 e. The van der Waals surface area contributed by atoms with E-state index >= 15 is 0 Å². The number of hydrogen-bond acceptors (Lipinski definition) is 5. The summed E-state index contributed by atoms with van der Waals surface area (Å²) in [6, 6.07) is 2.19. The van der Waals surface area contributed by atoms with Crippen molar-refractivity contribution in [3.63, 3.8) is 0 Å². The minimum atomic E-state index is 0.134. The van der Waals surface area contributed by atoms with Crippen LogP contribution < -0.4 is 5.32 Å². The van der Waals surface area contributed by atoms with Crippen molar-refractivity contribution < 1.29 is 9.53 Å². The maximum Gasteiger partial charge on any atom is 0.223 e. The van der Waals surface area contributed by atoms with Crippen LogP contribution in [0.1, 0.15) is 30.5 Å². The van der Waals surface area contributed by atoms with Gasteiger partial charge in [0, 0.05) is 51.4 Å². The number of pyridine rings is 1. The first kappa shape index (κ1) is 18.8. The number of rotatable bonds is 7. The van der Waals surface area contributed by atoms with Crippen LogP contribution in [0.25, 0.3) is 11.0 Å². The third kappa shape index (κ3) is 4.40. The molecule has 0 unspecified atom stereocenters. The molecule has 1 saturated heterocycles. The van der Waals surface area contributed by atoms with Gasteiger partial charge in [0.15, 0.2) is 5.65 Å². The number of aromatic nitrogens is 3. The zero-order chi connectivity index (χ0) is 18.5. The van der Waals surface area contributed by atoms with Gasteiger partial charge < -0.3 is 10.1 Å². The molecular formula is C19H29N5O2. The van der Waals surface area contributed by atoms with E-state index in [2.05, 4.69) is 26.4 Å². The second-order valence-electron chi connectivity index (χ2n) is 7.11. The van der Waals surface area contributed by atoms with Gasteiger partial charge in [-0.05, 0) is 50.9 Å². The van der Waals surface area contributed by atoms with Crippen molar-refractivity contribution in [3.8, 4) is 0 Å². The fraction of sp³-hybridized carbons (Fsp3) is 0.632. The van der Waals surface area contributed by atoms with Crippen LogP contribution in [-0.2, 0) is 23.1 Å². The number of carbonyl (C=O) groups excluding carboxylic acids is 1. The van der Waals surface area contributed by atoms with Gasteiger partial charge in [0.1, 0.15) is 0 Å². The Morgan fingerprint density at radius 3 is 2.88 bits per heavy atom. The lowest BCUT2D eigenvalue weighted by Crippen LogP contribution is -2.40. The minimum Gasteiger partial charge on any atom is -0.385 e. The number of piperidine rings is 1. The Bertz CT molecular complexity index is 750. The maximum atomic E-state index is 12.2. The molecule has 0 bridgehead atoms. The number of hydrogen-bond donors (Lipinski definition) is 1.